The molecule has 0 aliphatic rings. The summed E-state index contributed by atoms with van der Waals surface area (Å²) in [4.78, 5) is 24.2. The molecule has 0 bridgehead atoms. The van der Waals surface area contributed by atoms with Crippen LogP contribution in [-0.4, -0.2) is 18.4 Å². The van der Waals surface area contributed by atoms with Crippen LogP contribution in [0.15, 0.2) is 78.9 Å². The van der Waals surface area contributed by atoms with Gasteiger partial charge in [0.05, 0.1) is 0 Å². The average Bonchev–Trinajstić information content (AvgIpc) is 2.72. The Balaban J connectivity index is 1.50. The van der Waals surface area contributed by atoms with Gasteiger partial charge in [-0.2, -0.15) is 0 Å². The molecule has 4 heteroatoms. The molecule has 0 amide bonds. The number of carbonyl (C=O) groups is 2. The minimum atomic E-state index is -0.442. The summed E-state index contributed by atoms with van der Waals surface area (Å²) in [5, 5.41) is 0. The highest BCUT2D eigenvalue weighted by atomic mass is 16.6. The first-order valence-electron chi connectivity index (χ1n) is 8.66. The van der Waals surface area contributed by atoms with Crippen molar-refractivity contribution in [1.82, 2.24) is 0 Å². The Kier molecular flexibility index (Phi) is 6.00. The van der Waals surface area contributed by atoms with Crippen molar-refractivity contribution in [2.24, 2.45) is 0 Å². The third kappa shape index (κ3) is 5.05. The second kappa shape index (κ2) is 8.81. The van der Waals surface area contributed by atoms with Gasteiger partial charge >= 0.3 is 5.97 Å². The summed E-state index contributed by atoms with van der Waals surface area (Å²) in [6.07, 6.45) is 0. The topological polar surface area (TPSA) is 52.6 Å². The molecule has 0 unspecified atom stereocenters. The molecule has 0 aromatic heterocycles. The fourth-order valence-electron chi connectivity index (χ4n) is 2.57. The highest BCUT2D eigenvalue weighted by Gasteiger charge is 2.10. The van der Waals surface area contributed by atoms with Gasteiger partial charge in [-0.25, -0.2) is 4.79 Å². The van der Waals surface area contributed by atoms with Gasteiger partial charge in [0, 0.05) is 11.1 Å². The maximum atomic E-state index is 12.4. The van der Waals surface area contributed by atoms with E-state index in [0.717, 1.165) is 11.1 Å². The highest BCUT2D eigenvalue weighted by Crippen LogP contribution is 2.16. The number of hydrogen-bond donors (Lipinski definition) is 0. The SMILES string of the molecule is Cc1ccccc1COC(=O)COc1ccc(C(=O)c2ccccc2)cc1. The van der Waals surface area contributed by atoms with Crippen LogP contribution in [-0.2, 0) is 16.1 Å². The molecule has 0 aliphatic carbocycles. The molecule has 4 nitrogen and oxygen atoms in total. The van der Waals surface area contributed by atoms with E-state index in [9.17, 15) is 9.59 Å². The second-order valence-corrected chi connectivity index (χ2v) is 6.10. The standard InChI is InChI=1S/C23H20O4/c1-17-7-5-6-10-20(17)15-27-22(24)16-26-21-13-11-19(12-14-21)23(25)18-8-3-2-4-9-18/h2-14H,15-16H2,1H3. The molecule has 0 N–H and O–H groups in total. The minimum Gasteiger partial charge on any atom is -0.482 e. The van der Waals surface area contributed by atoms with Gasteiger partial charge in [-0.05, 0) is 42.3 Å². The van der Waals surface area contributed by atoms with Gasteiger partial charge in [0.25, 0.3) is 0 Å². The van der Waals surface area contributed by atoms with Gasteiger partial charge < -0.3 is 9.47 Å². The summed E-state index contributed by atoms with van der Waals surface area (Å²) in [5.41, 5.74) is 3.24. The first-order chi connectivity index (χ1) is 13.1. The van der Waals surface area contributed by atoms with Crippen molar-refractivity contribution in [3.8, 4) is 5.75 Å². The molecule has 3 aromatic rings. The molecule has 0 aliphatic heterocycles. The van der Waals surface area contributed by atoms with Crippen molar-refractivity contribution >= 4 is 11.8 Å². The predicted octanol–water partition coefficient (Wildman–Crippen LogP) is 4.35. The lowest BCUT2D eigenvalue weighted by Gasteiger charge is -2.09. The zero-order valence-corrected chi connectivity index (χ0v) is 15.1. The van der Waals surface area contributed by atoms with Gasteiger partial charge in [0.2, 0.25) is 0 Å². The highest BCUT2D eigenvalue weighted by molar-refractivity contribution is 6.08. The number of aryl methyl sites for hydroxylation is 1. The smallest absolute Gasteiger partial charge is 0.344 e. The van der Waals surface area contributed by atoms with Gasteiger partial charge in [-0.1, -0.05) is 54.6 Å². The van der Waals surface area contributed by atoms with E-state index < -0.39 is 5.97 Å². The summed E-state index contributed by atoms with van der Waals surface area (Å²) >= 11 is 0. The molecule has 0 radical (unpaired) electrons. The summed E-state index contributed by atoms with van der Waals surface area (Å²) in [6, 6.07) is 23.5. The Morgan fingerprint density at radius 2 is 1.41 bits per heavy atom. The molecule has 3 aromatic carbocycles. The Labute approximate surface area is 158 Å². The largest absolute Gasteiger partial charge is 0.482 e. The monoisotopic (exact) mass is 360 g/mol. The van der Waals surface area contributed by atoms with E-state index in [1.807, 2.05) is 49.4 Å². The number of hydrogen-bond acceptors (Lipinski definition) is 4. The zero-order chi connectivity index (χ0) is 19.1. The Morgan fingerprint density at radius 3 is 2.11 bits per heavy atom. The van der Waals surface area contributed by atoms with Crippen molar-refractivity contribution in [1.29, 1.82) is 0 Å². The van der Waals surface area contributed by atoms with Gasteiger partial charge in [0.15, 0.2) is 12.4 Å². The number of carbonyl (C=O) groups excluding carboxylic acids is 2. The molecular formula is C23H20O4. The quantitative estimate of drug-likeness (QED) is 0.464. The first-order valence-corrected chi connectivity index (χ1v) is 8.66. The van der Waals surface area contributed by atoms with Crippen molar-refractivity contribution in [3.63, 3.8) is 0 Å². The lowest BCUT2D eigenvalue weighted by Crippen LogP contribution is -2.15. The summed E-state index contributed by atoms with van der Waals surface area (Å²) in [7, 11) is 0. The molecule has 27 heavy (non-hydrogen) atoms. The number of ketones is 1. The molecule has 0 heterocycles. The molecule has 0 fully saturated rings. The maximum Gasteiger partial charge on any atom is 0.344 e. The van der Waals surface area contributed by atoms with Crippen LogP contribution in [0.1, 0.15) is 27.0 Å². The van der Waals surface area contributed by atoms with Crippen LogP contribution < -0.4 is 4.74 Å². The van der Waals surface area contributed by atoms with Crippen molar-refractivity contribution in [2.45, 2.75) is 13.5 Å². The molecule has 136 valence electrons. The van der Waals surface area contributed by atoms with Crippen LogP contribution in [0.25, 0.3) is 0 Å². The lowest BCUT2D eigenvalue weighted by atomic mass is 10.0. The first kappa shape index (κ1) is 18.4. The van der Waals surface area contributed by atoms with Crippen molar-refractivity contribution < 1.29 is 19.1 Å². The molecule has 0 saturated carbocycles. The fourth-order valence-corrected chi connectivity index (χ4v) is 2.57. The van der Waals surface area contributed by atoms with Gasteiger partial charge in [0.1, 0.15) is 12.4 Å². The van der Waals surface area contributed by atoms with E-state index in [2.05, 4.69) is 0 Å². The number of rotatable bonds is 7. The van der Waals surface area contributed by atoms with E-state index in [4.69, 9.17) is 9.47 Å². The van der Waals surface area contributed by atoms with Gasteiger partial charge in [-0.15, -0.1) is 0 Å². The van der Waals surface area contributed by atoms with E-state index >= 15 is 0 Å². The number of benzene rings is 3. The van der Waals surface area contributed by atoms with Crippen LogP contribution in [0, 0.1) is 6.92 Å². The van der Waals surface area contributed by atoms with E-state index in [0.29, 0.717) is 16.9 Å². The zero-order valence-electron chi connectivity index (χ0n) is 15.1. The summed E-state index contributed by atoms with van der Waals surface area (Å²) in [5.74, 6) is 0.00920. The molecule has 0 saturated heterocycles. The van der Waals surface area contributed by atoms with E-state index in [1.165, 1.54) is 0 Å². The summed E-state index contributed by atoms with van der Waals surface area (Å²) < 4.78 is 10.7. The number of esters is 1. The second-order valence-electron chi connectivity index (χ2n) is 6.10. The van der Waals surface area contributed by atoms with Crippen molar-refractivity contribution in [3.05, 3.63) is 101 Å². The number of ether oxygens (including phenoxy) is 2. The lowest BCUT2D eigenvalue weighted by molar-refractivity contribution is -0.147. The Hall–Kier alpha value is -3.40. The van der Waals surface area contributed by atoms with Crippen LogP contribution >= 0.6 is 0 Å². The van der Waals surface area contributed by atoms with Crippen LogP contribution in [0.2, 0.25) is 0 Å². The van der Waals surface area contributed by atoms with E-state index in [1.54, 1.807) is 36.4 Å². The molecule has 3 rings (SSSR count). The molecule has 0 spiro atoms. The molecule has 0 atom stereocenters. The normalized spacial score (nSPS) is 10.3. The predicted molar refractivity (Wildman–Crippen MR) is 103 cm³/mol. The van der Waals surface area contributed by atoms with Gasteiger partial charge in [-0.3, -0.25) is 4.79 Å². The minimum absolute atomic E-state index is 0.0557. The average molecular weight is 360 g/mol. The maximum absolute atomic E-state index is 12.4. The third-order valence-electron chi connectivity index (χ3n) is 4.16. The Morgan fingerprint density at radius 1 is 0.778 bits per heavy atom. The van der Waals surface area contributed by atoms with Crippen LogP contribution in [0.5, 0.6) is 5.75 Å². The third-order valence-corrected chi connectivity index (χ3v) is 4.16. The molecular weight excluding hydrogens is 340 g/mol. The van der Waals surface area contributed by atoms with Crippen LogP contribution in [0.3, 0.4) is 0 Å². The fraction of sp³-hybridized carbons (Fsp3) is 0.130. The van der Waals surface area contributed by atoms with Crippen LogP contribution in [0.4, 0.5) is 0 Å². The Bertz CT molecular complexity index is 915. The van der Waals surface area contributed by atoms with Crippen molar-refractivity contribution in [2.75, 3.05) is 6.61 Å². The van der Waals surface area contributed by atoms with E-state index in [-0.39, 0.29) is 19.0 Å². The summed E-state index contributed by atoms with van der Waals surface area (Å²) in [6.45, 7) is 2.01.